The van der Waals surface area contributed by atoms with Crippen molar-refractivity contribution >= 4 is 29.3 Å². The summed E-state index contributed by atoms with van der Waals surface area (Å²) in [5, 5.41) is 3.16. The lowest BCUT2D eigenvalue weighted by Crippen LogP contribution is -2.29. The monoisotopic (exact) mass is 373 g/mol. The first-order valence-corrected chi connectivity index (χ1v) is 8.59. The lowest BCUT2D eigenvalue weighted by molar-refractivity contribution is -0.146. The summed E-state index contributed by atoms with van der Waals surface area (Å²) in [5.74, 6) is -1.11. The van der Waals surface area contributed by atoms with E-state index in [4.69, 9.17) is 16.3 Å². The number of aryl methyl sites for hydroxylation is 1. The van der Waals surface area contributed by atoms with Crippen molar-refractivity contribution in [2.75, 3.05) is 6.54 Å². The van der Waals surface area contributed by atoms with E-state index in [1.54, 1.807) is 36.4 Å². The Kier molecular flexibility index (Phi) is 6.92. The second kappa shape index (κ2) is 9.15. The Hall–Kier alpha value is -2.66. The Balaban J connectivity index is 1.77. The third-order valence-electron chi connectivity index (χ3n) is 3.73. The minimum Gasteiger partial charge on any atom is -0.454 e. The number of nitrogens with one attached hydrogen (secondary N) is 1. The second-order valence-electron chi connectivity index (χ2n) is 5.88. The van der Waals surface area contributed by atoms with Crippen LogP contribution in [0.1, 0.15) is 39.6 Å². The molecule has 1 N–H and O–H groups in total. The van der Waals surface area contributed by atoms with Gasteiger partial charge in [0.25, 0.3) is 5.91 Å². The molecule has 2 aromatic carbocycles. The number of ketones is 1. The zero-order valence-corrected chi connectivity index (χ0v) is 15.4. The largest absolute Gasteiger partial charge is 0.454 e. The number of carbonyl (C=O) groups excluding carboxylic acids is 3. The van der Waals surface area contributed by atoms with Crippen LogP contribution in [-0.4, -0.2) is 30.3 Å². The molecule has 1 amide bonds. The van der Waals surface area contributed by atoms with Gasteiger partial charge in [0.15, 0.2) is 6.10 Å². The number of benzene rings is 2. The van der Waals surface area contributed by atoms with Gasteiger partial charge >= 0.3 is 5.97 Å². The van der Waals surface area contributed by atoms with E-state index in [2.05, 4.69) is 5.32 Å². The number of halogens is 1. The number of Topliss-reactive ketones (excluding diaryl/α,β-unsaturated/α-hetero) is 1. The smallest absolute Gasteiger partial charge is 0.308 e. The van der Waals surface area contributed by atoms with Gasteiger partial charge in [-0.25, -0.2) is 0 Å². The fraction of sp³-hybridized carbons (Fsp3) is 0.250. The van der Waals surface area contributed by atoms with Crippen LogP contribution in [0.15, 0.2) is 48.5 Å². The van der Waals surface area contributed by atoms with Gasteiger partial charge in [0.2, 0.25) is 5.78 Å². The van der Waals surface area contributed by atoms with E-state index in [0.29, 0.717) is 16.1 Å². The van der Waals surface area contributed by atoms with E-state index in [9.17, 15) is 14.4 Å². The highest BCUT2D eigenvalue weighted by molar-refractivity contribution is 6.30. The van der Waals surface area contributed by atoms with Gasteiger partial charge < -0.3 is 10.1 Å². The predicted molar refractivity (Wildman–Crippen MR) is 99.5 cm³/mol. The molecule has 0 aliphatic heterocycles. The van der Waals surface area contributed by atoms with Gasteiger partial charge in [-0.15, -0.1) is 0 Å². The molecule has 0 unspecified atom stereocenters. The van der Waals surface area contributed by atoms with Gasteiger partial charge in [0, 0.05) is 22.7 Å². The van der Waals surface area contributed by atoms with Crippen LogP contribution in [0.5, 0.6) is 0 Å². The zero-order chi connectivity index (χ0) is 19.1. The molecule has 2 aromatic rings. The fourth-order valence-electron chi connectivity index (χ4n) is 2.24. The molecular formula is C20H20ClNO4. The van der Waals surface area contributed by atoms with Crippen LogP contribution in [0, 0.1) is 6.92 Å². The van der Waals surface area contributed by atoms with E-state index in [-0.39, 0.29) is 24.7 Å². The van der Waals surface area contributed by atoms with E-state index < -0.39 is 12.1 Å². The SMILES string of the molecule is Cc1ccc(C(=O)[C@H](C)OC(=O)CCNC(=O)c2ccc(Cl)cc2)cc1. The molecule has 0 aliphatic carbocycles. The maximum Gasteiger partial charge on any atom is 0.308 e. The molecule has 6 heteroatoms. The standard InChI is InChI=1S/C20H20ClNO4/c1-13-3-5-15(6-4-13)19(24)14(2)26-18(23)11-12-22-20(25)16-7-9-17(21)10-8-16/h3-10,14H,11-12H2,1-2H3,(H,22,25)/t14-/m0/s1. The lowest BCUT2D eigenvalue weighted by Gasteiger charge is -2.13. The highest BCUT2D eigenvalue weighted by Gasteiger charge is 2.19. The van der Waals surface area contributed by atoms with Crippen molar-refractivity contribution in [3.05, 3.63) is 70.2 Å². The van der Waals surface area contributed by atoms with Crippen molar-refractivity contribution in [3.8, 4) is 0 Å². The maximum atomic E-state index is 12.2. The van der Waals surface area contributed by atoms with Crippen LogP contribution >= 0.6 is 11.6 Å². The van der Waals surface area contributed by atoms with Gasteiger partial charge in [-0.3, -0.25) is 14.4 Å². The molecule has 0 fully saturated rings. The van der Waals surface area contributed by atoms with Gasteiger partial charge in [-0.1, -0.05) is 41.4 Å². The van der Waals surface area contributed by atoms with Gasteiger partial charge in [0.05, 0.1) is 6.42 Å². The summed E-state index contributed by atoms with van der Waals surface area (Å²) in [7, 11) is 0. The van der Waals surface area contributed by atoms with E-state index in [1.807, 2.05) is 19.1 Å². The molecule has 5 nitrogen and oxygen atoms in total. The Bertz CT molecular complexity index is 784. The highest BCUT2D eigenvalue weighted by Crippen LogP contribution is 2.10. The molecule has 0 radical (unpaired) electrons. The third-order valence-corrected chi connectivity index (χ3v) is 3.99. The molecular weight excluding hydrogens is 354 g/mol. The van der Waals surface area contributed by atoms with Crippen LogP contribution in [0.4, 0.5) is 0 Å². The average molecular weight is 374 g/mol. The summed E-state index contributed by atoms with van der Waals surface area (Å²) in [6, 6.07) is 13.5. The third kappa shape index (κ3) is 5.70. The zero-order valence-electron chi connectivity index (χ0n) is 14.6. The Morgan fingerprint density at radius 2 is 1.58 bits per heavy atom. The number of amides is 1. The van der Waals surface area contributed by atoms with Crippen LogP contribution < -0.4 is 5.32 Å². The second-order valence-corrected chi connectivity index (χ2v) is 6.31. The topological polar surface area (TPSA) is 72.5 Å². The Labute approximate surface area is 157 Å². The van der Waals surface area contributed by atoms with Gasteiger partial charge in [-0.05, 0) is 38.1 Å². The van der Waals surface area contributed by atoms with Crippen LogP contribution in [0.2, 0.25) is 5.02 Å². The molecule has 0 bridgehead atoms. The van der Waals surface area contributed by atoms with Crippen LogP contribution in [0.3, 0.4) is 0 Å². The van der Waals surface area contributed by atoms with Crippen LogP contribution in [0.25, 0.3) is 0 Å². The molecule has 0 heterocycles. The van der Waals surface area contributed by atoms with Crippen LogP contribution in [-0.2, 0) is 9.53 Å². The van der Waals surface area contributed by atoms with E-state index in [0.717, 1.165) is 5.56 Å². The van der Waals surface area contributed by atoms with Gasteiger partial charge in [-0.2, -0.15) is 0 Å². The fourth-order valence-corrected chi connectivity index (χ4v) is 2.37. The number of hydrogen-bond acceptors (Lipinski definition) is 4. The summed E-state index contributed by atoms with van der Waals surface area (Å²) in [5.41, 5.74) is 1.99. The summed E-state index contributed by atoms with van der Waals surface area (Å²) in [6.45, 7) is 3.58. The number of rotatable bonds is 7. The summed E-state index contributed by atoms with van der Waals surface area (Å²) >= 11 is 5.77. The molecule has 26 heavy (non-hydrogen) atoms. The predicted octanol–water partition coefficient (Wildman–Crippen LogP) is 3.58. The van der Waals surface area contributed by atoms with Crippen molar-refractivity contribution in [2.45, 2.75) is 26.4 Å². The molecule has 0 aliphatic rings. The normalized spacial score (nSPS) is 11.5. The van der Waals surface area contributed by atoms with Crippen molar-refractivity contribution in [1.29, 1.82) is 0 Å². The number of hydrogen-bond donors (Lipinski definition) is 1. The van der Waals surface area contributed by atoms with Crippen molar-refractivity contribution in [1.82, 2.24) is 5.32 Å². The van der Waals surface area contributed by atoms with Crippen molar-refractivity contribution < 1.29 is 19.1 Å². The lowest BCUT2D eigenvalue weighted by atomic mass is 10.1. The first kappa shape index (κ1) is 19.7. The molecule has 136 valence electrons. The molecule has 2 rings (SSSR count). The van der Waals surface area contributed by atoms with E-state index >= 15 is 0 Å². The molecule has 1 atom stereocenters. The molecule has 0 aromatic heterocycles. The quantitative estimate of drug-likeness (QED) is 0.594. The average Bonchev–Trinajstić information content (AvgIpc) is 2.62. The Morgan fingerprint density at radius 1 is 1.00 bits per heavy atom. The maximum absolute atomic E-state index is 12.2. The highest BCUT2D eigenvalue weighted by atomic mass is 35.5. The molecule has 0 saturated carbocycles. The summed E-state index contributed by atoms with van der Waals surface area (Å²) in [4.78, 5) is 36.0. The van der Waals surface area contributed by atoms with Crippen molar-refractivity contribution in [2.24, 2.45) is 0 Å². The summed E-state index contributed by atoms with van der Waals surface area (Å²) < 4.78 is 5.14. The molecule has 0 spiro atoms. The van der Waals surface area contributed by atoms with Crippen molar-refractivity contribution in [3.63, 3.8) is 0 Å². The molecule has 0 saturated heterocycles. The van der Waals surface area contributed by atoms with E-state index in [1.165, 1.54) is 6.92 Å². The minimum absolute atomic E-state index is 0.0230. The minimum atomic E-state index is -0.878. The number of ether oxygens (including phenoxy) is 1. The Morgan fingerprint density at radius 3 is 2.19 bits per heavy atom. The first-order valence-electron chi connectivity index (χ1n) is 8.21. The number of esters is 1. The number of carbonyl (C=O) groups is 3. The first-order chi connectivity index (χ1) is 12.4. The van der Waals surface area contributed by atoms with Gasteiger partial charge in [0.1, 0.15) is 0 Å². The summed E-state index contributed by atoms with van der Waals surface area (Å²) in [6.07, 6.45) is -0.901.